The van der Waals surface area contributed by atoms with Crippen LogP contribution < -0.4 is 5.73 Å². The molecule has 1 aromatic carbocycles. The van der Waals surface area contributed by atoms with E-state index < -0.39 is 0 Å². The molecule has 0 bridgehead atoms. The second kappa shape index (κ2) is 4.43. The zero-order valence-corrected chi connectivity index (χ0v) is 8.59. The number of rotatable bonds is 4. The predicted octanol–water partition coefficient (Wildman–Crippen LogP) is 3.05. The van der Waals surface area contributed by atoms with Crippen LogP contribution in [0.15, 0.2) is 30.3 Å². The van der Waals surface area contributed by atoms with Crippen molar-refractivity contribution in [2.75, 3.05) is 0 Å². The highest BCUT2D eigenvalue weighted by Crippen LogP contribution is 2.23. The molecule has 0 aliphatic rings. The first-order valence-electron chi connectivity index (χ1n) is 5.01. The predicted molar refractivity (Wildman–Crippen MR) is 57.5 cm³/mol. The molecule has 1 unspecified atom stereocenters. The molecular formula is C12H19N. The van der Waals surface area contributed by atoms with Crippen LogP contribution in [0.3, 0.4) is 0 Å². The van der Waals surface area contributed by atoms with Gasteiger partial charge < -0.3 is 5.73 Å². The Bertz CT molecular complexity index is 239. The smallest absolute Gasteiger partial charge is 0.0381 e. The van der Waals surface area contributed by atoms with Crippen molar-refractivity contribution in [2.24, 2.45) is 5.73 Å². The molecule has 1 atom stereocenters. The lowest BCUT2D eigenvalue weighted by Gasteiger charge is -2.24. The average molecular weight is 177 g/mol. The first kappa shape index (κ1) is 10.3. The van der Waals surface area contributed by atoms with Crippen molar-refractivity contribution >= 4 is 0 Å². The van der Waals surface area contributed by atoms with Crippen molar-refractivity contribution in [1.29, 1.82) is 0 Å². The third kappa shape index (κ3) is 2.85. The first-order valence-corrected chi connectivity index (χ1v) is 5.01. The Labute approximate surface area is 81.0 Å². The van der Waals surface area contributed by atoms with Gasteiger partial charge in [-0.1, -0.05) is 50.1 Å². The SMILES string of the molecule is CCCCC(C)(N)c1ccccc1. The van der Waals surface area contributed by atoms with E-state index in [1.54, 1.807) is 0 Å². The van der Waals surface area contributed by atoms with Gasteiger partial charge in [-0.15, -0.1) is 0 Å². The van der Waals surface area contributed by atoms with Gasteiger partial charge >= 0.3 is 0 Å². The minimum atomic E-state index is -0.155. The minimum absolute atomic E-state index is 0.155. The summed E-state index contributed by atoms with van der Waals surface area (Å²) >= 11 is 0. The van der Waals surface area contributed by atoms with Crippen LogP contribution in [0.1, 0.15) is 38.7 Å². The van der Waals surface area contributed by atoms with E-state index in [1.165, 1.54) is 18.4 Å². The van der Waals surface area contributed by atoms with E-state index in [9.17, 15) is 0 Å². The topological polar surface area (TPSA) is 26.0 Å². The van der Waals surface area contributed by atoms with Crippen molar-refractivity contribution in [2.45, 2.75) is 38.6 Å². The van der Waals surface area contributed by atoms with E-state index >= 15 is 0 Å². The van der Waals surface area contributed by atoms with Crippen molar-refractivity contribution < 1.29 is 0 Å². The van der Waals surface area contributed by atoms with Crippen LogP contribution in [0.25, 0.3) is 0 Å². The van der Waals surface area contributed by atoms with Crippen LogP contribution in [0.2, 0.25) is 0 Å². The van der Waals surface area contributed by atoms with Gasteiger partial charge in [-0.25, -0.2) is 0 Å². The molecule has 0 aliphatic heterocycles. The number of nitrogens with two attached hydrogens (primary N) is 1. The minimum Gasteiger partial charge on any atom is -0.322 e. The van der Waals surface area contributed by atoms with Gasteiger partial charge in [-0.05, 0) is 18.9 Å². The molecule has 1 nitrogen and oxygen atoms in total. The highest BCUT2D eigenvalue weighted by atomic mass is 14.7. The molecule has 1 rings (SSSR count). The van der Waals surface area contributed by atoms with Gasteiger partial charge in [0.05, 0.1) is 0 Å². The number of benzene rings is 1. The molecule has 1 aromatic rings. The summed E-state index contributed by atoms with van der Waals surface area (Å²) in [7, 11) is 0. The maximum absolute atomic E-state index is 6.22. The van der Waals surface area contributed by atoms with E-state index in [-0.39, 0.29) is 5.54 Å². The van der Waals surface area contributed by atoms with E-state index in [0.29, 0.717) is 0 Å². The van der Waals surface area contributed by atoms with Crippen LogP contribution in [-0.2, 0) is 5.54 Å². The fourth-order valence-corrected chi connectivity index (χ4v) is 1.51. The third-order valence-electron chi connectivity index (χ3n) is 2.48. The molecule has 0 saturated heterocycles. The molecule has 13 heavy (non-hydrogen) atoms. The molecule has 2 N–H and O–H groups in total. The van der Waals surface area contributed by atoms with Crippen LogP contribution in [0.5, 0.6) is 0 Å². The van der Waals surface area contributed by atoms with Crippen molar-refractivity contribution in [3.8, 4) is 0 Å². The number of hydrogen-bond acceptors (Lipinski definition) is 1. The van der Waals surface area contributed by atoms with E-state index in [4.69, 9.17) is 5.73 Å². The zero-order valence-electron chi connectivity index (χ0n) is 8.59. The third-order valence-corrected chi connectivity index (χ3v) is 2.48. The Balaban J connectivity index is 2.69. The fraction of sp³-hybridized carbons (Fsp3) is 0.500. The largest absolute Gasteiger partial charge is 0.322 e. The van der Waals surface area contributed by atoms with Gasteiger partial charge in [0.25, 0.3) is 0 Å². The summed E-state index contributed by atoms with van der Waals surface area (Å²) in [5, 5.41) is 0. The second-order valence-corrected chi connectivity index (χ2v) is 3.89. The molecule has 0 heterocycles. The van der Waals surface area contributed by atoms with Gasteiger partial charge in [-0.3, -0.25) is 0 Å². The Hall–Kier alpha value is -0.820. The standard InChI is InChI=1S/C12H19N/c1-3-4-10-12(2,13)11-8-6-5-7-9-11/h5-9H,3-4,10,13H2,1-2H3. The van der Waals surface area contributed by atoms with E-state index in [1.807, 2.05) is 18.2 Å². The highest BCUT2D eigenvalue weighted by Gasteiger charge is 2.19. The second-order valence-electron chi connectivity index (χ2n) is 3.89. The summed E-state index contributed by atoms with van der Waals surface area (Å²) in [6.07, 6.45) is 3.47. The summed E-state index contributed by atoms with van der Waals surface area (Å²) in [6, 6.07) is 10.3. The zero-order chi connectivity index (χ0) is 9.73. The lowest BCUT2D eigenvalue weighted by molar-refractivity contribution is 0.433. The van der Waals surface area contributed by atoms with Crippen LogP contribution in [0, 0.1) is 0 Å². The van der Waals surface area contributed by atoms with Gasteiger partial charge in [0.15, 0.2) is 0 Å². The normalized spacial score (nSPS) is 15.3. The summed E-state index contributed by atoms with van der Waals surface area (Å²) in [5.41, 5.74) is 7.31. The van der Waals surface area contributed by atoms with Crippen LogP contribution in [-0.4, -0.2) is 0 Å². The lowest BCUT2D eigenvalue weighted by Crippen LogP contribution is -2.32. The molecular weight excluding hydrogens is 158 g/mol. The summed E-state index contributed by atoms with van der Waals surface area (Å²) < 4.78 is 0. The molecule has 72 valence electrons. The molecule has 1 heteroatoms. The van der Waals surface area contributed by atoms with Gasteiger partial charge in [0.1, 0.15) is 0 Å². The molecule has 0 saturated carbocycles. The first-order chi connectivity index (χ1) is 6.17. The molecule has 0 amide bonds. The average Bonchev–Trinajstić information content (AvgIpc) is 2.16. The van der Waals surface area contributed by atoms with Crippen LogP contribution in [0.4, 0.5) is 0 Å². The monoisotopic (exact) mass is 177 g/mol. The lowest BCUT2D eigenvalue weighted by atomic mass is 9.88. The summed E-state index contributed by atoms with van der Waals surface area (Å²) in [4.78, 5) is 0. The van der Waals surface area contributed by atoms with E-state index in [2.05, 4.69) is 26.0 Å². The Morgan fingerprint density at radius 1 is 1.23 bits per heavy atom. The van der Waals surface area contributed by atoms with Gasteiger partial charge in [-0.2, -0.15) is 0 Å². The molecule has 0 radical (unpaired) electrons. The summed E-state index contributed by atoms with van der Waals surface area (Å²) in [5.74, 6) is 0. The van der Waals surface area contributed by atoms with Crippen molar-refractivity contribution in [1.82, 2.24) is 0 Å². The Morgan fingerprint density at radius 2 is 1.85 bits per heavy atom. The molecule has 0 spiro atoms. The molecule has 0 aromatic heterocycles. The van der Waals surface area contributed by atoms with Gasteiger partial charge in [0.2, 0.25) is 0 Å². The summed E-state index contributed by atoms with van der Waals surface area (Å²) in [6.45, 7) is 4.30. The fourth-order valence-electron chi connectivity index (χ4n) is 1.51. The Morgan fingerprint density at radius 3 is 2.38 bits per heavy atom. The number of hydrogen-bond donors (Lipinski definition) is 1. The number of unbranched alkanes of at least 4 members (excludes halogenated alkanes) is 1. The Kier molecular flexibility index (Phi) is 3.49. The molecule has 0 aliphatic carbocycles. The van der Waals surface area contributed by atoms with E-state index in [0.717, 1.165) is 6.42 Å². The van der Waals surface area contributed by atoms with Crippen molar-refractivity contribution in [3.63, 3.8) is 0 Å². The van der Waals surface area contributed by atoms with Crippen LogP contribution >= 0.6 is 0 Å². The maximum Gasteiger partial charge on any atom is 0.0381 e. The quantitative estimate of drug-likeness (QED) is 0.751. The van der Waals surface area contributed by atoms with Gasteiger partial charge in [0, 0.05) is 5.54 Å². The maximum atomic E-state index is 6.22. The van der Waals surface area contributed by atoms with Crippen molar-refractivity contribution in [3.05, 3.63) is 35.9 Å². The highest BCUT2D eigenvalue weighted by molar-refractivity contribution is 5.22. The molecule has 0 fully saturated rings.